The highest BCUT2D eigenvalue weighted by atomic mass is 79.9. The summed E-state index contributed by atoms with van der Waals surface area (Å²) >= 11 is 9.38. The molecule has 2 aromatic rings. The van der Waals surface area contributed by atoms with Crippen molar-refractivity contribution in [2.75, 3.05) is 0 Å². The van der Waals surface area contributed by atoms with Gasteiger partial charge in [-0.05, 0) is 35.0 Å². The Labute approximate surface area is 112 Å². The Hall–Kier alpha value is -1.20. The van der Waals surface area contributed by atoms with Gasteiger partial charge in [-0.1, -0.05) is 22.9 Å². The quantitative estimate of drug-likeness (QED) is 0.800. The van der Waals surface area contributed by atoms with Crippen LogP contribution in [0.2, 0.25) is 5.02 Å². The van der Waals surface area contributed by atoms with Crippen molar-refractivity contribution in [2.45, 2.75) is 6.92 Å². The molecule has 0 fully saturated rings. The average Bonchev–Trinajstić information content (AvgIpc) is 2.58. The molecule has 0 aliphatic carbocycles. The van der Waals surface area contributed by atoms with Gasteiger partial charge in [-0.25, -0.2) is 4.68 Å². The molecule has 0 saturated heterocycles. The lowest BCUT2D eigenvalue weighted by atomic mass is 10.1. The van der Waals surface area contributed by atoms with Gasteiger partial charge in [-0.2, -0.15) is 0 Å². The van der Waals surface area contributed by atoms with Gasteiger partial charge in [0.2, 0.25) is 0 Å². The van der Waals surface area contributed by atoms with Crippen molar-refractivity contribution in [3.05, 3.63) is 33.4 Å². The molecule has 4 nitrogen and oxygen atoms in total. The average molecular weight is 315 g/mol. The molecular formula is C11H9BrClN3O. The van der Waals surface area contributed by atoms with E-state index >= 15 is 0 Å². The Balaban J connectivity index is 2.56. The number of benzene rings is 1. The predicted molar refractivity (Wildman–Crippen MR) is 69.2 cm³/mol. The normalized spacial score (nSPS) is 10.6. The van der Waals surface area contributed by atoms with E-state index in [0.29, 0.717) is 15.2 Å². The summed E-state index contributed by atoms with van der Waals surface area (Å²) in [6.07, 6.45) is 0. The fourth-order valence-electron chi connectivity index (χ4n) is 1.59. The Morgan fingerprint density at radius 1 is 1.47 bits per heavy atom. The Morgan fingerprint density at radius 3 is 2.65 bits per heavy atom. The third-order valence-electron chi connectivity index (χ3n) is 2.41. The SMILES string of the molecule is CC(=O)c1ccc(-c2c(Br)nnn2C)cc1Cl. The third-order valence-corrected chi connectivity index (χ3v) is 3.25. The first-order valence-corrected chi connectivity index (χ1v) is 6.04. The second-order valence-electron chi connectivity index (χ2n) is 3.60. The summed E-state index contributed by atoms with van der Waals surface area (Å²) in [5, 5.41) is 8.22. The van der Waals surface area contributed by atoms with Gasteiger partial charge in [-0.15, -0.1) is 5.10 Å². The summed E-state index contributed by atoms with van der Waals surface area (Å²) in [6.45, 7) is 1.49. The summed E-state index contributed by atoms with van der Waals surface area (Å²) in [5.74, 6) is -0.0521. The Kier molecular flexibility index (Phi) is 3.31. The summed E-state index contributed by atoms with van der Waals surface area (Å²) in [5.41, 5.74) is 2.20. The van der Waals surface area contributed by atoms with Gasteiger partial charge in [0.05, 0.1) is 5.02 Å². The minimum absolute atomic E-state index is 0.0521. The molecule has 0 spiro atoms. The Morgan fingerprint density at radius 2 is 2.18 bits per heavy atom. The molecule has 0 amide bonds. The van der Waals surface area contributed by atoms with Gasteiger partial charge in [0.15, 0.2) is 10.4 Å². The summed E-state index contributed by atoms with van der Waals surface area (Å²) in [7, 11) is 1.79. The smallest absolute Gasteiger partial charge is 0.161 e. The summed E-state index contributed by atoms with van der Waals surface area (Å²) < 4.78 is 2.29. The molecule has 1 aromatic heterocycles. The maximum Gasteiger partial charge on any atom is 0.161 e. The summed E-state index contributed by atoms with van der Waals surface area (Å²) in [6, 6.07) is 5.27. The van der Waals surface area contributed by atoms with Crippen molar-refractivity contribution in [2.24, 2.45) is 7.05 Å². The first-order chi connectivity index (χ1) is 8.00. The Bertz CT molecular complexity index is 575. The number of rotatable bonds is 2. The molecule has 0 atom stereocenters. The largest absolute Gasteiger partial charge is 0.294 e. The van der Waals surface area contributed by atoms with Crippen molar-refractivity contribution in [1.82, 2.24) is 15.0 Å². The fourth-order valence-corrected chi connectivity index (χ4v) is 2.46. The van der Waals surface area contributed by atoms with Crippen LogP contribution in [0.1, 0.15) is 17.3 Å². The van der Waals surface area contributed by atoms with Crippen molar-refractivity contribution in [1.29, 1.82) is 0 Å². The predicted octanol–water partition coefficient (Wildman–Crippen LogP) is 3.10. The maximum absolute atomic E-state index is 11.3. The van der Waals surface area contributed by atoms with E-state index in [9.17, 15) is 4.79 Å². The molecule has 0 aliphatic heterocycles. The molecule has 0 N–H and O–H groups in total. The van der Waals surface area contributed by atoms with Crippen molar-refractivity contribution < 1.29 is 4.79 Å². The van der Waals surface area contributed by atoms with Gasteiger partial charge < -0.3 is 0 Å². The van der Waals surface area contributed by atoms with Crippen LogP contribution >= 0.6 is 27.5 Å². The molecule has 2 rings (SSSR count). The van der Waals surface area contributed by atoms with E-state index in [-0.39, 0.29) is 5.78 Å². The van der Waals surface area contributed by atoms with Crippen LogP contribution in [0.25, 0.3) is 11.3 Å². The van der Waals surface area contributed by atoms with Crippen LogP contribution in [0.3, 0.4) is 0 Å². The third kappa shape index (κ3) is 2.25. The lowest BCUT2D eigenvalue weighted by Gasteiger charge is -2.05. The van der Waals surface area contributed by atoms with Gasteiger partial charge in [0, 0.05) is 18.2 Å². The van der Waals surface area contributed by atoms with E-state index in [1.54, 1.807) is 23.9 Å². The van der Waals surface area contributed by atoms with E-state index in [2.05, 4.69) is 26.2 Å². The topological polar surface area (TPSA) is 47.8 Å². The van der Waals surface area contributed by atoms with Gasteiger partial charge >= 0.3 is 0 Å². The highest BCUT2D eigenvalue weighted by molar-refractivity contribution is 9.10. The van der Waals surface area contributed by atoms with E-state index < -0.39 is 0 Å². The molecule has 0 saturated carbocycles. The molecule has 0 unspecified atom stereocenters. The van der Waals surface area contributed by atoms with Crippen LogP contribution in [-0.2, 0) is 7.05 Å². The molecule has 17 heavy (non-hydrogen) atoms. The zero-order chi connectivity index (χ0) is 12.6. The van der Waals surface area contributed by atoms with E-state index in [1.165, 1.54) is 6.92 Å². The fraction of sp³-hybridized carbons (Fsp3) is 0.182. The number of aromatic nitrogens is 3. The van der Waals surface area contributed by atoms with Crippen LogP contribution in [0.15, 0.2) is 22.8 Å². The molecule has 6 heteroatoms. The molecule has 1 heterocycles. The highest BCUT2D eigenvalue weighted by Gasteiger charge is 2.13. The van der Waals surface area contributed by atoms with Crippen LogP contribution < -0.4 is 0 Å². The monoisotopic (exact) mass is 313 g/mol. The number of hydrogen-bond acceptors (Lipinski definition) is 3. The zero-order valence-electron chi connectivity index (χ0n) is 9.24. The standard InChI is InChI=1S/C11H9BrClN3O/c1-6(17)8-4-3-7(5-9(8)13)10-11(12)14-15-16(10)2/h3-5H,1-2H3. The second-order valence-corrected chi connectivity index (χ2v) is 4.76. The highest BCUT2D eigenvalue weighted by Crippen LogP contribution is 2.29. The lowest BCUT2D eigenvalue weighted by Crippen LogP contribution is -1.97. The van der Waals surface area contributed by atoms with E-state index in [4.69, 9.17) is 11.6 Å². The van der Waals surface area contributed by atoms with Crippen LogP contribution in [-0.4, -0.2) is 20.8 Å². The number of aryl methyl sites for hydroxylation is 1. The van der Waals surface area contributed by atoms with Crippen molar-refractivity contribution in [3.63, 3.8) is 0 Å². The number of nitrogens with zero attached hydrogens (tertiary/aromatic N) is 3. The van der Waals surface area contributed by atoms with Gasteiger partial charge in [-0.3, -0.25) is 4.79 Å². The van der Waals surface area contributed by atoms with Crippen molar-refractivity contribution in [3.8, 4) is 11.3 Å². The van der Waals surface area contributed by atoms with E-state index in [0.717, 1.165) is 11.3 Å². The number of halogens is 2. The molecule has 88 valence electrons. The lowest BCUT2D eigenvalue weighted by molar-refractivity contribution is 0.101. The van der Waals surface area contributed by atoms with Crippen molar-refractivity contribution >= 4 is 33.3 Å². The van der Waals surface area contributed by atoms with Gasteiger partial charge in [0.25, 0.3) is 0 Å². The van der Waals surface area contributed by atoms with Crippen LogP contribution in [0.5, 0.6) is 0 Å². The number of Topliss-reactive ketones (excluding diaryl/α,β-unsaturated/α-hetero) is 1. The van der Waals surface area contributed by atoms with Crippen LogP contribution in [0, 0.1) is 0 Å². The zero-order valence-corrected chi connectivity index (χ0v) is 11.6. The molecule has 0 aliphatic rings. The molecule has 1 aromatic carbocycles. The summed E-state index contributed by atoms with van der Waals surface area (Å²) in [4.78, 5) is 11.3. The number of hydrogen-bond donors (Lipinski definition) is 0. The maximum atomic E-state index is 11.3. The van der Waals surface area contributed by atoms with Gasteiger partial charge in [0.1, 0.15) is 5.69 Å². The minimum Gasteiger partial charge on any atom is -0.294 e. The van der Waals surface area contributed by atoms with Crippen LogP contribution in [0.4, 0.5) is 0 Å². The molecular weight excluding hydrogens is 305 g/mol. The van der Waals surface area contributed by atoms with E-state index in [1.807, 2.05) is 6.07 Å². The number of carbonyl (C=O) groups excluding carboxylic acids is 1. The second kappa shape index (κ2) is 4.58. The first kappa shape index (κ1) is 12.3. The molecule has 0 bridgehead atoms. The first-order valence-electron chi connectivity index (χ1n) is 4.86. The number of ketones is 1. The molecule has 0 radical (unpaired) electrons. The number of carbonyl (C=O) groups is 1. The minimum atomic E-state index is -0.0521.